The van der Waals surface area contributed by atoms with Crippen molar-refractivity contribution in [2.75, 3.05) is 4.90 Å². The Kier molecular flexibility index (Phi) is 6.19. The Labute approximate surface area is 202 Å². The number of amides is 1. The van der Waals surface area contributed by atoms with Gasteiger partial charge in [-0.05, 0) is 54.1 Å². The number of halogens is 5. The maximum absolute atomic E-state index is 13.9. The highest BCUT2D eigenvalue weighted by Gasteiger charge is 2.47. The summed E-state index contributed by atoms with van der Waals surface area (Å²) < 4.78 is 13.9. The lowest BCUT2D eigenvalue weighted by Crippen LogP contribution is -2.29. The predicted molar refractivity (Wildman–Crippen MR) is 124 cm³/mol. The van der Waals surface area contributed by atoms with Crippen molar-refractivity contribution in [2.24, 2.45) is 0 Å². The summed E-state index contributed by atoms with van der Waals surface area (Å²) >= 11 is 24.2. The molecular formula is C23H12Cl4FNO3. The molecule has 3 aromatic rings. The first-order chi connectivity index (χ1) is 15.2. The van der Waals surface area contributed by atoms with E-state index in [4.69, 9.17) is 46.4 Å². The van der Waals surface area contributed by atoms with Crippen LogP contribution >= 0.6 is 46.4 Å². The van der Waals surface area contributed by atoms with Crippen molar-refractivity contribution in [1.82, 2.24) is 0 Å². The highest BCUT2D eigenvalue weighted by Crippen LogP contribution is 2.43. The van der Waals surface area contributed by atoms with Gasteiger partial charge in [0.15, 0.2) is 0 Å². The molecule has 3 aromatic carbocycles. The average Bonchev–Trinajstić information content (AvgIpc) is 3.02. The normalized spacial score (nSPS) is 17.8. The molecule has 0 saturated carbocycles. The fourth-order valence-electron chi connectivity index (χ4n) is 3.52. The van der Waals surface area contributed by atoms with Crippen LogP contribution in [-0.4, -0.2) is 16.8 Å². The number of hydrogen-bond donors (Lipinski definition) is 1. The largest absolute Gasteiger partial charge is 0.507 e. The number of hydrogen-bond acceptors (Lipinski definition) is 3. The summed E-state index contributed by atoms with van der Waals surface area (Å²) in [5.41, 5.74) is 0.499. The highest BCUT2D eigenvalue weighted by molar-refractivity contribution is 6.52. The Morgan fingerprint density at radius 3 is 2.12 bits per heavy atom. The molecular weight excluding hydrogens is 499 g/mol. The van der Waals surface area contributed by atoms with Gasteiger partial charge in [0, 0.05) is 11.3 Å². The molecule has 1 aliphatic rings. The van der Waals surface area contributed by atoms with Crippen LogP contribution in [0.15, 0.2) is 66.2 Å². The van der Waals surface area contributed by atoms with Gasteiger partial charge in [-0.1, -0.05) is 58.5 Å². The van der Waals surface area contributed by atoms with Crippen LogP contribution in [0.25, 0.3) is 5.76 Å². The van der Waals surface area contributed by atoms with Crippen LogP contribution in [0.1, 0.15) is 17.2 Å². The molecule has 1 heterocycles. The Bertz CT molecular complexity index is 1310. The Hall–Kier alpha value is -2.57. The number of benzene rings is 3. The fourth-order valence-corrected chi connectivity index (χ4v) is 4.13. The summed E-state index contributed by atoms with van der Waals surface area (Å²) in [6, 6.07) is 13.0. The van der Waals surface area contributed by atoms with Gasteiger partial charge in [-0.3, -0.25) is 14.5 Å². The molecule has 0 aliphatic carbocycles. The van der Waals surface area contributed by atoms with Crippen molar-refractivity contribution in [3.8, 4) is 0 Å². The summed E-state index contributed by atoms with van der Waals surface area (Å²) in [5.74, 6) is -2.94. The molecule has 1 aliphatic heterocycles. The molecule has 4 nitrogen and oxygen atoms in total. The van der Waals surface area contributed by atoms with Crippen molar-refractivity contribution in [3.63, 3.8) is 0 Å². The number of rotatable bonds is 3. The number of nitrogens with zero attached hydrogens (tertiary/aromatic N) is 1. The van der Waals surface area contributed by atoms with E-state index >= 15 is 0 Å². The number of Topliss-reactive ketones (excluding diaryl/α,β-unsaturated/α-hetero) is 1. The average molecular weight is 511 g/mol. The van der Waals surface area contributed by atoms with E-state index < -0.39 is 29.3 Å². The van der Waals surface area contributed by atoms with Crippen LogP contribution in [0, 0.1) is 5.82 Å². The maximum Gasteiger partial charge on any atom is 0.300 e. The van der Waals surface area contributed by atoms with Gasteiger partial charge in [0.2, 0.25) is 0 Å². The maximum atomic E-state index is 13.9. The van der Waals surface area contributed by atoms with Gasteiger partial charge in [-0.2, -0.15) is 0 Å². The van der Waals surface area contributed by atoms with E-state index in [1.165, 1.54) is 48.5 Å². The number of ketones is 1. The molecule has 0 spiro atoms. The molecule has 0 radical (unpaired) electrons. The van der Waals surface area contributed by atoms with Crippen LogP contribution in [0.3, 0.4) is 0 Å². The molecule has 4 rings (SSSR count). The van der Waals surface area contributed by atoms with Gasteiger partial charge in [-0.25, -0.2) is 4.39 Å². The Morgan fingerprint density at radius 1 is 0.844 bits per heavy atom. The minimum atomic E-state index is -1.10. The van der Waals surface area contributed by atoms with E-state index in [9.17, 15) is 19.1 Å². The lowest BCUT2D eigenvalue weighted by atomic mass is 9.95. The van der Waals surface area contributed by atoms with E-state index in [0.29, 0.717) is 5.56 Å². The summed E-state index contributed by atoms with van der Waals surface area (Å²) in [7, 11) is 0. The summed E-state index contributed by atoms with van der Waals surface area (Å²) in [4.78, 5) is 27.2. The Morgan fingerprint density at radius 2 is 1.50 bits per heavy atom. The van der Waals surface area contributed by atoms with Gasteiger partial charge in [0.05, 0.1) is 31.7 Å². The van der Waals surface area contributed by atoms with Gasteiger partial charge in [0.1, 0.15) is 11.6 Å². The first kappa shape index (κ1) is 22.6. The van der Waals surface area contributed by atoms with E-state index in [-0.39, 0.29) is 36.9 Å². The summed E-state index contributed by atoms with van der Waals surface area (Å²) in [5, 5.41) is 11.9. The molecule has 162 valence electrons. The zero-order valence-corrected chi connectivity index (χ0v) is 19.0. The smallest absolute Gasteiger partial charge is 0.300 e. The zero-order valence-electron chi connectivity index (χ0n) is 16.0. The van der Waals surface area contributed by atoms with Crippen LogP contribution in [-0.2, 0) is 9.59 Å². The van der Waals surface area contributed by atoms with E-state index in [0.717, 1.165) is 11.0 Å². The van der Waals surface area contributed by atoms with Gasteiger partial charge in [-0.15, -0.1) is 0 Å². The van der Waals surface area contributed by atoms with E-state index in [2.05, 4.69) is 0 Å². The van der Waals surface area contributed by atoms with Gasteiger partial charge >= 0.3 is 0 Å². The molecule has 1 unspecified atom stereocenters. The molecule has 1 N–H and O–H groups in total. The van der Waals surface area contributed by atoms with Gasteiger partial charge < -0.3 is 5.11 Å². The molecule has 1 atom stereocenters. The summed E-state index contributed by atoms with van der Waals surface area (Å²) in [6.45, 7) is 0. The number of aliphatic hydroxyl groups excluding tert-OH is 1. The van der Waals surface area contributed by atoms with Crippen LogP contribution in [0.5, 0.6) is 0 Å². The number of carbonyl (C=O) groups is 2. The van der Waals surface area contributed by atoms with Crippen molar-refractivity contribution < 1.29 is 19.1 Å². The number of aliphatic hydroxyl groups is 1. The van der Waals surface area contributed by atoms with Crippen LogP contribution < -0.4 is 4.90 Å². The minimum Gasteiger partial charge on any atom is -0.507 e. The first-order valence-corrected chi connectivity index (χ1v) is 10.7. The SMILES string of the molecule is O=C1C(=O)N(c2cccc(F)c2)C(c2ccc(Cl)c(Cl)c2)/C1=C(/O)c1ccc(Cl)c(Cl)c1. The quantitative estimate of drug-likeness (QED) is 0.233. The second-order valence-electron chi connectivity index (χ2n) is 6.95. The molecule has 32 heavy (non-hydrogen) atoms. The van der Waals surface area contributed by atoms with E-state index in [1.807, 2.05) is 0 Å². The lowest BCUT2D eigenvalue weighted by Gasteiger charge is -2.25. The molecule has 1 fully saturated rings. The first-order valence-electron chi connectivity index (χ1n) is 9.16. The third-order valence-corrected chi connectivity index (χ3v) is 6.46. The van der Waals surface area contributed by atoms with Crippen molar-refractivity contribution in [1.29, 1.82) is 0 Å². The Balaban J connectivity index is 1.98. The number of anilines is 1. The number of carbonyl (C=O) groups excluding carboxylic acids is 2. The monoisotopic (exact) mass is 509 g/mol. The van der Waals surface area contributed by atoms with Crippen LogP contribution in [0.2, 0.25) is 20.1 Å². The molecule has 1 saturated heterocycles. The van der Waals surface area contributed by atoms with Crippen molar-refractivity contribution in [3.05, 3.63) is 103 Å². The topological polar surface area (TPSA) is 57.6 Å². The lowest BCUT2D eigenvalue weighted by molar-refractivity contribution is -0.132. The second kappa shape index (κ2) is 8.75. The van der Waals surface area contributed by atoms with Crippen LogP contribution in [0.4, 0.5) is 10.1 Å². The van der Waals surface area contributed by atoms with Gasteiger partial charge in [0.25, 0.3) is 11.7 Å². The standard InChI is InChI=1S/C23H12Cl4FNO3/c24-15-6-4-11(8-17(15)26)20-19(21(30)12-5-7-16(25)18(27)9-12)22(31)23(32)29(20)14-3-1-2-13(28)10-14/h1-10,20,30H/b21-19-. The second-order valence-corrected chi connectivity index (χ2v) is 8.58. The highest BCUT2D eigenvalue weighted by atomic mass is 35.5. The third kappa shape index (κ3) is 3.97. The molecule has 1 amide bonds. The molecule has 0 bridgehead atoms. The van der Waals surface area contributed by atoms with Crippen molar-refractivity contribution in [2.45, 2.75) is 6.04 Å². The minimum absolute atomic E-state index is 0.136. The predicted octanol–water partition coefficient (Wildman–Crippen LogP) is 7.07. The van der Waals surface area contributed by atoms with Crippen molar-refractivity contribution >= 4 is 69.5 Å². The molecule has 9 heteroatoms. The molecule has 0 aromatic heterocycles. The third-order valence-electron chi connectivity index (χ3n) is 4.98. The fraction of sp³-hybridized carbons (Fsp3) is 0.0435. The van der Waals surface area contributed by atoms with E-state index in [1.54, 1.807) is 6.07 Å². The zero-order chi connectivity index (χ0) is 23.2. The summed E-state index contributed by atoms with van der Waals surface area (Å²) in [6.07, 6.45) is 0.